The van der Waals surface area contributed by atoms with E-state index in [1.165, 1.54) is 60.9 Å². The first-order valence-electron chi connectivity index (χ1n) is 28.2. The molecule has 390 valence electrons. The van der Waals surface area contributed by atoms with Gasteiger partial charge < -0.3 is 9.80 Å². The fraction of sp³-hybridized carbons (Fsp3) is 0.216. The summed E-state index contributed by atoms with van der Waals surface area (Å²) in [6.07, 6.45) is 0. The summed E-state index contributed by atoms with van der Waals surface area (Å²) in [6, 6.07) is 78.9. The molecule has 3 heterocycles. The number of hydrogen-bond donors (Lipinski definition) is 0. The molecular weight excluding hydrogens is 956 g/mol. The average Bonchev–Trinajstić information content (AvgIpc) is 3.63. The third-order valence-electron chi connectivity index (χ3n) is 16.2. The van der Waals surface area contributed by atoms with Gasteiger partial charge in [-0.2, -0.15) is 0 Å². The van der Waals surface area contributed by atoms with E-state index >= 15 is 0 Å². The van der Waals surface area contributed by atoms with Gasteiger partial charge in [0.1, 0.15) is 0 Å². The summed E-state index contributed by atoms with van der Waals surface area (Å²) in [5.41, 5.74) is 24.7. The number of anilines is 6. The lowest BCUT2D eigenvalue weighted by atomic mass is 9.33. The lowest BCUT2D eigenvalue weighted by Crippen LogP contribution is -2.61. The molecule has 79 heavy (non-hydrogen) atoms. The lowest BCUT2D eigenvalue weighted by molar-refractivity contribution is 0.568. The van der Waals surface area contributed by atoms with Crippen molar-refractivity contribution in [1.29, 1.82) is 0 Å². The van der Waals surface area contributed by atoms with Crippen molar-refractivity contribution in [1.82, 2.24) is 9.97 Å². The maximum atomic E-state index is 5.59. The normalized spacial score (nSPS) is 13.2. The molecule has 1 aromatic heterocycles. The van der Waals surface area contributed by atoms with Gasteiger partial charge in [0.2, 0.25) is 0 Å². The minimum atomic E-state index is -0.126. The zero-order valence-electron chi connectivity index (χ0n) is 48.1. The van der Waals surface area contributed by atoms with Crippen LogP contribution in [0.3, 0.4) is 0 Å². The second-order valence-corrected chi connectivity index (χ2v) is 26.0. The van der Waals surface area contributed by atoms with Crippen molar-refractivity contribution in [3.63, 3.8) is 0 Å². The Labute approximate surface area is 470 Å². The molecule has 9 aromatic carbocycles. The fourth-order valence-corrected chi connectivity index (χ4v) is 11.6. The van der Waals surface area contributed by atoms with Gasteiger partial charge >= 0.3 is 0 Å². The molecule has 0 saturated heterocycles. The van der Waals surface area contributed by atoms with Crippen molar-refractivity contribution < 1.29 is 0 Å². The first kappa shape index (κ1) is 51.5. The Morgan fingerprint density at radius 2 is 0.608 bits per heavy atom. The van der Waals surface area contributed by atoms with Crippen molar-refractivity contribution in [2.24, 2.45) is 0 Å². The second kappa shape index (κ2) is 19.3. The summed E-state index contributed by atoms with van der Waals surface area (Å²) >= 11 is 0. The van der Waals surface area contributed by atoms with Crippen LogP contribution in [0.5, 0.6) is 0 Å². The van der Waals surface area contributed by atoms with E-state index in [2.05, 4.69) is 305 Å². The zero-order chi connectivity index (χ0) is 55.2. The molecule has 0 atom stereocenters. The second-order valence-electron chi connectivity index (χ2n) is 26.0. The van der Waals surface area contributed by atoms with Crippen molar-refractivity contribution >= 4 is 57.2 Å². The Hall–Kier alpha value is -8.28. The van der Waals surface area contributed by atoms with Crippen LogP contribution in [0.15, 0.2) is 212 Å². The first-order valence-corrected chi connectivity index (χ1v) is 28.2. The maximum Gasteiger partial charge on any atom is 0.252 e. The summed E-state index contributed by atoms with van der Waals surface area (Å²) in [4.78, 5) is 16.4. The Morgan fingerprint density at radius 3 is 0.937 bits per heavy atom. The molecule has 10 aromatic rings. The molecular formula is C74H71BN4. The van der Waals surface area contributed by atoms with Crippen LogP contribution in [0.25, 0.3) is 56.2 Å². The van der Waals surface area contributed by atoms with Gasteiger partial charge in [-0.05, 0) is 137 Å². The quantitative estimate of drug-likeness (QED) is 0.149. The Balaban J connectivity index is 1.26. The van der Waals surface area contributed by atoms with Gasteiger partial charge in [0.25, 0.3) is 6.71 Å². The van der Waals surface area contributed by atoms with Crippen LogP contribution in [0, 0.1) is 0 Å². The molecule has 0 fully saturated rings. The van der Waals surface area contributed by atoms with Gasteiger partial charge in [-0.25, -0.2) is 9.97 Å². The minimum absolute atomic E-state index is 0.122. The van der Waals surface area contributed by atoms with Gasteiger partial charge in [-0.3, -0.25) is 0 Å². The number of aromatic nitrogens is 2. The standard InChI is InChI=1S/C74H71BN4/c1-71(2,3)55-41-56(72(4,5)6)44-59(43-55)78-65-37-52(48-25-17-13-18-26-48)33-35-61(65)75-62-36-34-53(49-27-19-14-20-28-49)38-66(62)79(60-45-57(73(7,8)9)42-58(46-60)74(10,11)12)68-40-54(39-67(78)69(68)75)70-76-63(50-29-21-15-22-30-50)47-64(77-70)51-31-23-16-24-32-51/h13-47H,1-12H3. The Bertz CT molecular complexity index is 3620. The van der Waals surface area contributed by atoms with Gasteiger partial charge in [-0.15, -0.1) is 0 Å². The van der Waals surface area contributed by atoms with Crippen LogP contribution in [0.4, 0.5) is 34.1 Å². The zero-order valence-corrected chi connectivity index (χ0v) is 48.1. The molecule has 0 aliphatic carbocycles. The molecule has 0 bridgehead atoms. The number of rotatable bonds is 7. The molecule has 4 nitrogen and oxygen atoms in total. The lowest BCUT2D eigenvalue weighted by Gasteiger charge is -2.45. The summed E-state index contributed by atoms with van der Waals surface area (Å²) in [5, 5.41) is 0. The van der Waals surface area contributed by atoms with E-state index in [-0.39, 0.29) is 28.4 Å². The molecule has 2 aliphatic rings. The SMILES string of the molecule is CC(C)(C)c1cc(N2c3cc(-c4ccccc4)ccc3B3c4ccc(-c5ccccc5)cc4N(c4cc(C(C)(C)C)cc(C(C)(C)C)c4)c4cc(-c5nc(-c6ccccc6)cc(-c6ccccc6)n5)cc2c43)cc(C(C)(C)C)c1. The molecule has 5 heteroatoms. The van der Waals surface area contributed by atoms with Gasteiger partial charge in [-0.1, -0.05) is 241 Å². The number of hydrogen-bond acceptors (Lipinski definition) is 4. The molecule has 2 aliphatic heterocycles. The van der Waals surface area contributed by atoms with Crippen LogP contribution in [0.2, 0.25) is 0 Å². The van der Waals surface area contributed by atoms with Gasteiger partial charge in [0, 0.05) is 50.8 Å². The first-order chi connectivity index (χ1) is 37.7. The maximum absolute atomic E-state index is 5.59. The largest absolute Gasteiger partial charge is 0.311 e. The Kier molecular flexibility index (Phi) is 12.6. The summed E-state index contributed by atoms with van der Waals surface area (Å²) in [7, 11) is 0. The molecule has 0 N–H and O–H groups in total. The third-order valence-corrected chi connectivity index (χ3v) is 16.2. The molecule has 0 radical (unpaired) electrons. The summed E-state index contributed by atoms with van der Waals surface area (Å²) in [6.45, 7) is 28.0. The molecule has 0 amide bonds. The average molecular weight is 1030 g/mol. The van der Waals surface area contributed by atoms with E-state index in [0.29, 0.717) is 5.82 Å². The third kappa shape index (κ3) is 9.68. The molecule has 0 saturated carbocycles. The Morgan fingerprint density at radius 1 is 0.291 bits per heavy atom. The fourth-order valence-electron chi connectivity index (χ4n) is 11.6. The topological polar surface area (TPSA) is 32.3 Å². The predicted octanol–water partition coefficient (Wildman–Crippen LogP) is 18.1. The molecule has 0 spiro atoms. The van der Waals surface area contributed by atoms with E-state index in [1.807, 2.05) is 0 Å². The van der Waals surface area contributed by atoms with Gasteiger partial charge in [0.05, 0.1) is 11.4 Å². The van der Waals surface area contributed by atoms with E-state index in [0.717, 1.165) is 62.2 Å². The van der Waals surface area contributed by atoms with Crippen LogP contribution < -0.4 is 26.2 Å². The van der Waals surface area contributed by atoms with E-state index in [4.69, 9.17) is 9.97 Å². The smallest absolute Gasteiger partial charge is 0.252 e. The summed E-state index contributed by atoms with van der Waals surface area (Å²) < 4.78 is 0. The highest BCUT2D eigenvalue weighted by Gasteiger charge is 2.45. The highest BCUT2D eigenvalue weighted by Crippen LogP contribution is 2.50. The van der Waals surface area contributed by atoms with Gasteiger partial charge in [0.15, 0.2) is 5.82 Å². The number of fused-ring (bicyclic) bond motifs is 4. The van der Waals surface area contributed by atoms with Crippen molar-refractivity contribution in [2.75, 3.05) is 9.80 Å². The highest BCUT2D eigenvalue weighted by molar-refractivity contribution is 7.00. The minimum Gasteiger partial charge on any atom is -0.311 e. The van der Waals surface area contributed by atoms with Crippen LogP contribution in [-0.4, -0.2) is 16.7 Å². The van der Waals surface area contributed by atoms with Crippen LogP contribution in [0.1, 0.15) is 105 Å². The monoisotopic (exact) mass is 1030 g/mol. The van der Waals surface area contributed by atoms with E-state index < -0.39 is 0 Å². The molecule has 12 rings (SSSR count). The van der Waals surface area contributed by atoms with Crippen LogP contribution in [-0.2, 0) is 21.7 Å². The van der Waals surface area contributed by atoms with Crippen LogP contribution >= 0.6 is 0 Å². The van der Waals surface area contributed by atoms with E-state index in [9.17, 15) is 0 Å². The highest BCUT2D eigenvalue weighted by atomic mass is 15.2. The summed E-state index contributed by atoms with van der Waals surface area (Å²) in [5.74, 6) is 0.668. The number of nitrogens with zero attached hydrogens (tertiary/aromatic N) is 4. The van der Waals surface area contributed by atoms with E-state index in [1.54, 1.807) is 0 Å². The predicted molar refractivity (Wildman–Crippen MR) is 338 cm³/mol. The number of benzene rings is 9. The molecule has 0 unspecified atom stereocenters. The van der Waals surface area contributed by atoms with Crippen molar-refractivity contribution in [2.45, 2.75) is 105 Å². The van der Waals surface area contributed by atoms with Crippen molar-refractivity contribution in [3.8, 4) is 56.2 Å². The van der Waals surface area contributed by atoms with Crippen molar-refractivity contribution in [3.05, 3.63) is 235 Å².